The Morgan fingerprint density at radius 2 is 1.88 bits per heavy atom. The van der Waals surface area contributed by atoms with E-state index >= 15 is 0 Å². The van der Waals surface area contributed by atoms with Gasteiger partial charge in [0.15, 0.2) is 6.04 Å². The molecule has 0 spiro atoms. The number of rotatable bonds is 6. The predicted octanol–water partition coefficient (Wildman–Crippen LogP) is 3.69. The Hall–Kier alpha value is -2.73. The van der Waals surface area contributed by atoms with Gasteiger partial charge in [-0.05, 0) is 41.5 Å². The highest BCUT2D eigenvalue weighted by Crippen LogP contribution is 2.19. The van der Waals surface area contributed by atoms with Gasteiger partial charge in [-0.15, -0.1) is 15.0 Å². The molecule has 1 unspecified atom stereocenters. The third-order valence-electron chi connectivity index (χ3n) is 3.69. The van der Waals surface area contributed by atoms with Crippen molar-refractivity contribution >= 4 is 17.6 Å². The average Bonchev–Trinajstić information content (AvgIpc) is 3.12. The SMILES string of the molecule is CCC(C(=O)OCc1ccccc1)n1nnc(-c2ccc(Cl)cc2)n1. The fourth-order valence-corrected chi connectivity index (χ4v) is 2.45. The fourth-order valence-electron chi connectivity index (χ4n) is 2.32. The number of tetrazole rings is 1. The minimum absolute atomic E-state index is 0.217. The molecule has 3 rings (SSSR count). The van der Waals surface area contributed by atoms with Crippen molar-refractivity contribution in [2.75, 3.05) is 0 Å². The van der Waals surface area contributed by atoms with Crippen LogP contribution < -0.4 is 0 Å². The van der Waals surface area contributed by atoms with Crippen LogP contribution in [0.4, 0.5) is 0 Å². The summed E-state index contributed by atoms with van der Waals surface area (Å²) in [5.41, 5.74) is 1.71. The number of carbonyl (C=O) groups excluding carboxylic acids is 1. The van der Waals surface area contributed by atoms with Gasteiger partial charge in [0.2, 0.25) is 5.82 Å². The Balaban J connectivity index is 1.70. The summed E-state index contributed by atoms with van der Waals surface area (Å²) in [4.78, 5) is 13.7. The lowest BCUT2D eigenvalue weighted by molar-refractivity contribution is -0.149. The van der Waals surface area contributed by atoms with Gasteiger partial charge in [-0.3, -0.25) is 0 Å². The van der Waals surface area contributed by atoms with Crippen molar-refractivity contribution in [3.05, 3.63) is 65.2 Å². The molecule has 0 aliphatic heterocycles. The lowest BCUT2D eigenvalue weighted by atomic mass is 10.2. The van der Waals surface area contributed by atoms with Crippen LogP contribution in [-0.4, -0.2) is 26.2 Å². The van der Waals surface area contributed by atoms with Crippen molar-refractivity contribution < 1.29 is 9.53 Å². The molecule has 0 aliphatic rings. The third-order valence-corrected chi connectivity index (χ3v) is 3.94. The largest absolute Gasteiger partial charge is 0.459 e. The summed E-state index contributed by atoms with van der Waals surface area (Å²) < 4.78 is 5.38. The van der Waals surface area contributed by atoms with E-state index in [4.69, 9.17) is 16.3 Å². The Labute approximate surface area is 150 Å². The van der Waals surface area contributed by atoms with Gasteiger partial charge in [0, 0.05) is 10.6 Å². The molecule has 0 saturated carbocycles. The smallest absolute Gasteiger partial charge is 0.333 e. The highest BCUT2D eigenvalue weighted by atomic mass is 35.5. The minimum Gasteiger partial charge on any atom is -0.459 e. The fraction of sp³-hybridized carbons (Fsp3) is 0.222. The first-order valence-corrected chi connectivity index (χ1v) is 8.31. The molecule has 1 heterocycles. The molecule has 1 atom stereocenters. The first-order chi connectivity index (χ1) is 12.2. The van der Waals surface area contributed by atoms with E-state index in [0.717, 1.165) is 11.1 Å². The number of nitrogens with zero attached hydrogens (tertiary/aromatic N) is 4. The van der Waals surface area contributed by atoms with Gasteiger partial charge in [0.05, 0.1) is 0 Å². The van der Waals surface area contributed by atoms with Crippen molar-refractivity contribution in [1.82, 2.24) is 20.2 Å². The topological polar surface area (TPSA) is 69.9 Å². The second-order valence-corrected chi connectivity index (χ2v) is 5.89. The van der Waals surface area contributed by atoms with Gasteiger partial charge in [-0.2, -0.15) is 0 Å². The zero-order chi connectivity index (χ0) is 17.6. The van der Waals surface area contributed by atoms with Crippen LogP contribution >= 0.6 is 11.6 Å². The maximum atomic E-state index is 12.4. The molecule has 0 bridgehead atoms. The molecule has 0 fully saturated rings. The van der Waals surface area contributed by atoms with Crippen molar-refractivity contribution in [2.24, 2.45) is 0 Å². The lowest BCUT2D eigenvalue weighted by Crippen LogP contribution is -2.23. The van der Waals surface area contributed by atoms with Crippen LogP contribution in [0.2, 0.25) is 5.02 Å². The molecule has 1 aromatic heterocycles. The second-order valence-electron chi connectivity index (χ2n) is 5.46. The zero-order valence-electron chi connectivity index (χ0n) is 13.7. The molecule has 0 radical (unpaired) electrons. The van der Waals surface area contributed by atoms with E-state index in [2.05, 4.69) is 15.4 Å². The summed E-state index contributed by atoms with van der Waals surface area (Å²) in [6, 6.07) is 16.0. The Morgan fingerprint density at radius 3 is 2.56 bits per heavy atom. The number of esters is 1. The molecular formula is C18H17ClN4O2. The monoisotopic (exact) mass is 356 g/mol. The molecule has 3 aromatic rings. The van der Waals surface area contributed by atoms with Crippen LogP contribution in [-0.2, 0) is 16.1 Å². The molecule has 6 nitrogen and oxygen atoms in total. The summed E-state index contributed by atoms with van der Waals surface area (Å²) in [6.45, 7) is 2.09. The number of hydrogen-bond donors (Lipinski definition) is 0. The highest BCUT2D eigenvalue weighted by molar-refractivity contribution is 6.30. The van der Waals surface area contributed by atoms with Crippen LogP contribution in [0.5, 0.6) is 0 Å². The quantitative estimate of drug-likeness (QED) is 0.630. The van der Waals surface area contributed by atoms with Gasteiger partial charge in [0.25, 0.3) is 0 Å². The highest BCUT2D eigenvalue weighted by Gasteiger charge is 2.23. The molecule has 0 N–H and O–H groups in total. The maximum Gasteiger partial charge on any atom is 0.333 e. The van der Waals surface area contributed by atoms with E-state index in [9.17, 15) is 4.79 Å². The van der Waals surface area contributed by atoms with Crippen molar-refractivity contribution in [2.45, 2.75) is 26.0 Å². The molecule has 0 aliphatic carbocycles. The van der Waals surface area contributed by atoms with Crippen molar-refractivity contribution in [1.29, 1.82) is 0 Å². The van der Waals surface area contributed by atoms with Gasteiger partial charge in [0.1, 0.15) is 6.61 Å². The van der Waals surface area contributed by atoms with E-state index in [1.165, 1.54) is 4.80 Å². The number of halogens is 1. The van der Waals surface area contributed by atoms with Crippen molar-refractivity contribution in [3.8, 4) is 11.4 Å². The lowest BCUT2D eigenvalue weighted by Gasteiger charge is -2.12. The Morgan fingerprint density at radius 1 is 1.16 bits per heavy atom. The maximum absolute atomic E-state index is 12.4. The van der Waals surface area contributed by atoms with E-state index in [0.29, 0.717) is 17.3 Å². The third kappa shape index (κ3) is 4.22. The van der Waals surface area contributed by atoms with E-state index in [-0.39, 0.29) is 12.6 Å². The first kappa shape index (κ1) is 17.1. The molecule has 7 heteroatoms. The van der Waals surface area contributed by atoms with Crippen LogP contribution in [0.25, 0.3) is 11.4 Å². The molecule has 128 valence electrons. The second kappa shape index (κ2) is 7.90. The molecule has 25 heavy (non-hydrogen) atoms. The van der Waals surface area contributed by atoms with Gasteiger partial charge in [-0.1, -0.05) is 48.9 Å². The predicted molar refractivity (Wildman–Crippen MR) is 93.8 cm³/mol. The van der Waals surface area contributed by atoms with E-state index < -0.39 is 6.04 Å². The van der Waals surface area contributed by atoms with E-state index in [1.807, 2.05) is 37.3 Å². The number of hydrogen-bond acceptors (Lipinski definition) is 5. The summed E-state index contributed by atoms with van der Waals surface area (Å²) in [5, 5.41) is 13.0. The summed E-state index contributed by atoms with van der Waals surface area (Å²) >= 11 is 5.88. The van der Waals surface area contributed by atoms with Gasteiger partial charge < -0.3 is 4.74 Å². The summed E-state index contributed by atoms with van der Waals surface area (Å²) in [5.74, 6) is 0.0531. The molecule has 2 aromatic carbocycles. The van der Waals surface area contributed by atoms with Crippen molar-refractivity contribution in [3.63, 3.8) is 0 Å². The van der Waals surface area contributed by atoms with E-state index in [1.54, 1.807) is 24.3 Å². The molecule has 0 amide bonds. The number of carbonyl (C=O) groups is 1. The zero-order valence-corrected chi connectivity index (χ0v) is 14.4. The van der Waals surface area contributed by atoms with Gasteiger partial charge in [-0.25, -0.2) is 4.79 Å². The Kier molecular flexibility index (Phi) is 5.40. The van der Waals surface area contributed by atoms with Crippen LogP contribution in [0.1, 0.15) is 24.9 Å². The van der Waals surface area contributed by atoms with Crippen LogP contribution in [0.15, 0.2) is 54.6 Å². The Bertz CT molecular complexity index is 834. The van der Waals surface area contributed by atoms with Crippen LogP contribution in [0.3, 0.4) is 0 Å². The standard InChI is InChI=1S/C18H17ClN4O2/c1-2-16(18(24)25-12-13-6-4-3-5-7-13)23-21-17(20-22-23)14-8-10-15(19)11-9-14/h3-11,16H,2,12H2,1H3. The number of aromatic nitrogens is 4. The average molecular weight is 357 g/mol. The normalized spacial score (nSPS) is 11.9. The van der Waals surface area contributed by atoms with Crippen LogP contribution in [0, 0.1) is 0 Å². The number of ether oxygens (including phenoxy) is 1. The number of benzene rings is 2. The molecule has 0 saturated heterocycles. The molecular weight excluding hydrogens is 340 g/mol. The first-order valence-electron chi connectivity index (χ1n) is 7.93. The summed E-state index contributed by atoms with van der Waals surface area (Å²) in [7, 11) is 0. The minimum atomic E-state index is -0.614. The summed E-state index contributed by atoms with van der Waals surface area (Å²) in [6.07, 6.45) is 0.504. The van der Waals surface area contributed by atoms with Gasteiger partial charge >= 0.3 is 5.97 Å².